The molecule has 7 nitrogen and oxygen atoms in total. The number of hydrogen-bond donors (Lipinski definition) is 1. The van der Waals surface area contributed by atoms with Gasteiger partial charge in [-0.2, -0.15) is 0 Å². The maximum Gasteiger partial charge on any atom is 0.269 e. The molecule has 0 aromatic heterocycles. The van der Waals surface area contributed by atoms with Crippen LogP contribution in [0.4, 0.5) is 5.69 Å². The van der Waals surface area contributed by atoms with E-state index >= 15 is 0 Å². The minimum absolute atomic E-state index is 0.0293. The normalized spacial score (nSPS) is 18.1. The summed E-state index contributed by atoms with van der Waals surface area (Å²) in [6, 6.07) is 5.88. The first-order chi connectivity index (χ1) is 10.6. The Balaban J connectivity index is 1.71. The molecule has 1 saturated heterocycles. The maximum atomic E-state index is 10.6. The Morgan fingerprint density at radius 3 is 2.36 bits per heavy atom. The molecule has 1 atom stereocenters. The molecule has 1 fully saturated rings. The van der Waals surface area contributed by atoms with Crippen molar-refractivity contribution in [2.45, 2.75) is 13.0 Å². The van der Waals surface area contributed by atoms with Gasteiger partial charge in [0, 0.05) is 44.9 Å². The Kier molecular flexibility index (Phi) is 6.11. The maximum absolute atomic E-state index is 10.6. The number of non-ortho nitro benzene ring substituents is 1. The zero-order valence-corrected chi connectivity index (χ0v) is 12.9. The van der Waals surface area contributed by atoms with Crippen LogP contribution in [-0.4, -0.2) is 71.8 Å². The highest BCUT2D eigenvalue weighted by atomic mass is 16.6. The lowest BCUT2D eigenvalue weighted by Crippen LogP contribution is -2.49. The first-order valence-electron chi connectivity index (χ1n) is 7.58. The molecule has 1 aliphatic heterocycles. The summed E-state index contributed by atoms with van der Waals surface area (Å²) >= 11 is 0. The molecule has 1 aliphatic rings. The van der Waals surface area contributed by atoms with Crippen LogP contribution < -0.4 is 4.74 Å². The van der Waals surface area contributed by atoms with Gasteiger partial charge in [0.1, 0.15) is 18.5 Å². The molecule has 0 spiro atoms. The Labute approximate surface area is 130 Å². The molecular weight excluding hydrogens is 286 g/mol. The zero-order valence-electron chi connectivity index (χ0n) is 12.9. The molecule has 0 saturated carbocycles. The van der Waals surface area contributed by atoms with Crippen molar-refractivity contribution < 1.29 is 14.8 Å². The highest BCUT2D eigenvalue weighted by molar-refractivity contribution is 5.35. The monoisotopic (exact) mass is 309 g/mol. The molecule has 1 aromatic carbocycles. The minimum Gasteiger partial charge on any atom is -0.491 e. The smallest absolute Gasteiger partial charge is 0.269 e. The molecule has 1 heterocycles. The summed E-state index contributed by atoms with van der Waals surface area (Å²) in [5, 5.41) is 20.6. The summed E-state index contributed by atoms with van der Waals surface area (Å²) in [4.78, 5) is 14.7. The third kappa shape index (κ3) is 4.94. The van der Waals surface area contributed by atoms with Crippen molar-refractivity contribution >= 4 is 5.69 Å². The highest BCUT2D eigenvalue weighted by Crippen LogP contribution is 2.17. The predicted molar refractivity (Wildman–Crippen MR) is 83.2 cm³/mol. The molecule has 122 valence electrons. The summed E-state index contributed by atoms with van der Waals surface area (Å²) in [5.41, 5.74) is 0.0293. The minimum atomic E-state index is -0.566. The topological polar surface area (TPSA) is 79.1 Å². The first kappa shape index (κ1) is 16.7. The summed E-state index contributed by atoms with van der Waals surface area (Å²) in [6.07, 6.45) is -0.566. The van der Waals surface area contributed by atoms with E-state index in [-0.39, 0.29) is 12.3 Å². The predicted octanol–water partition coefficient (Wildman–Crippen LogP) is 0.972. The van der Waals surface area contributed by atoms with Gasteiger partial charge in [-0.05, 0) is 18.7 Å². The number of rotatable bonds is 7. The number of benzene rings is 1. The van der Waals surface area contributed by atoms with Crippen LogP contribution in [0, 0.1) is 10.1 Å². The van der Waals surface area contributed by atoms with Crippen LogP contribution in [0.25, 0.3) is 0 Å². The Bertz CT molecular complexity index is 472. The van der Waals surface area contributed by atoms with E-state index in [1.54, 1.807) is 12.1 Å². The highest BCUT2D eigenvalue weighted by Gasteiger charge is 2.18. The molecular formula is C15H23N3O4. The lowest BCUT2D eigenvalue weighted by Gasteiger charge is -2.34. The van der Waals surface area contributed by atoms with E-state index < -0.39 is 11.0 Å². The van der Waals surface area contributed by atoms with Crippen molar-refractivity contribution in [3.8, 4) is 5.75 Å². The third-order valence-electron chi connectivity index (χ3n) is 3.87. The number of ether oxygens (including phenoxy) is 1. The molecule has 0 unspecified atom stereocenters. The number of nitrogens with zero attached hydrogens (tertiary/aromatic N) is 3. The number of aliphatic hydroxyl groups is 1. The fourth-order valence-corrected chi connectivity index (χ4v) is 2.50. The number of β-amino-alcohol motifs (C(OH)–C–C–N with tert-alkyl or cyclic N) is 1. The SMILES string of the molecule is CCN1CCN(C[C@H](O)COc2ccc([N+](=O)[O-])cc2)CC1. The number of likely N-dealkylation sites (N-methyl/N-ethyl adjacent to an activating group) is 1. The van der Waals surface area contributed by atoms with E-state index in [0.29, 0.717) is 12.3 Å². The fraction of sp³-hybridized carbons (Fsp3) is 0.600. The molecule has 0 bridgehead atoms. The molecule has 22 heavy (non-hydrogen) atoms. The molecule has 0 aliphatic carbocycles. The average Bonchev–Trinajstić information content (AvgIpc) is 2.54. The lowest BCUT2D eigenvalue weighted by atomic mass is 10.2. The quantitative estimate of drug-likeness (QED) is 0.597. The van der Waals surface area contributed by atoms with Gasteiger partial charge in [-0.3, -0.25) is 15.0 Å². The van der Waals surface area contributed by atoms with E-state index in [4.69, 9.17) is 4.74 Å². The largest absolute Gasteiger partial charge is 0.491 e. The first-order valence-corrected chi connectivity index (χ1v) is 7.58. The second-order valence-electron chi connectivity index (χ2n) is 5.45. The number of aliphatic hydroxyl groups excluding tert-OH is 1. The summed E-state index contributed by atoms with van der Waals surface area (Å²) in [7, 11) is 0. The van der Waals surface area contributed by atoms with Crippen LogP contribution in [0.2, 0.25) is 0 Å². The fourth-order valence-electron chi connectivity index (χ4n) is 2.50. The van der Waals surface area contributed by atoms with Crippen LogP contribution in [0.1, 0.15) is 6.92 Å². The Hall–Kier alpha value is -1.70. The number of nitro benzene ring substituents is 1. The molecule has 0 amide bonds. The van der Waals surface area contributed by atoms with Gasteiger partial charge in [-0.15, -0.1) is 0 Å². The van der Waals surface area contributed by atoms with Crippen molar-refractivity contribution in [1.29, 1.82) is 0 Å². The van der Waals surface area contributed by atoms with Crippen molar-refractivity contribution in [3.63, 3.8) is 0 Å². The van der Waals surface area contributed by atoms with Crippen molar-refractivity contribution in [2.75, 3.05) is 45.9 Å². The van der Waals surface area contributed by atoms with Crippen molar-refractivity contribution in [2.24, 2.45) is 0 Å². The van der Waals surface area contributed by atoms with Crippen LogP contribution in [0.15, 0.2) is 24.3 Å². The molecule has 1 aromatic rings. The van der Waals surface area contributed by atoms with Gasteiger partial charge < -0.3 is 14.7 Å². The van der Waals surface area contributed by atoms with Gasteiger partial charge >= 0.3 is 0 Å². The second-order valence-corrected chi connectivity index (χ2v) is 5.45. The Morgan fingerprint density at radius 2 is 1.82 bits per heavy atom. The van der Waals surface area contributed by atoms with Gasteiger partial charge in [-0.1, -0.05) is 6.92 Å². The molecule has 0 radical (unpaired) electrons. The van der Waals surface area contributed by atoms with Crippen LogP contribution >= 0.6 is 0 Å². The van der Waals surface area contributed by atoms with Crippen LogP contribution in [0.5, 0.6) is 5.75 Å². The van der Waals surface area contributed by atoms with Gasteiger partial charge in [0.15, 0.2) is 0 Å². The van der Waals surface area contributed by atoms with Gasteiger partial charge in [0.05, 0.1) is 4.92 Å². The molecule has 1 N–H and O–H groups in total. The van der Waals surface area contributed by atoms with Crippen molar-refractivity contribution in [3.05, 3.63) is 34.4 Å². The average molecular weight is 309 g/mol. The zero-order chi connectivity index (χ0) is 15.9. The number of piperazine rings is 1. The Morgan fingerprint density at radius 1 is 1.23 bits per heavy atom. The van der Waals surface area contributed by atoms with Gasteiger partial charge in [0.2, 0.25) is 0 Å². The second kappa shape index (κ2) is 8.07. The number of hydrogen-bond acceptors (Lipinski definition) is 6. The summed E-state index contributed by atoms with van der Waals surface area (Å²) in [6.45, 7) is 7.99. The van der Waals surface area contributed by atoms with Crippen LogP contribution in [0.3, 0.4) is 0 Å². The number of nitro groups is 1. The summed E-state index contributed by atoms with van der Waals surface area (Å²) in [5.74, 6) is 0.528. The van der Waals surface area contributed by atoms with Crippen molar-refractivity contribution in [1.82, 2.24) is 9.80 Å². The molecule has 7 heteroatoms. The van der Waals surface area contributed by atoms with E-state index in [0.717, 1.165) is 32.7 Å². The lowest BCUT2D eigenvalue weighted by molar-refractivity contribution is -0.384. The van der Waals surface area contributed by atoms with Gasteiger partial charge in [0.25, 0.3) is 5.69 Å². The molecule has 2 rings (SSSR count). The van der Waals surface area contributed by atoms with E-state index in [1.165, 1.54) is 12.1 Å². The van der Waals surface area contributed by atoms with Crippen LogP contribution in [-0.2, 0) is 0 Å². The summed E-state index contributed by atoms with van der Waals surface area (Å²) < 4.78 is 5.48. The van der Waals surface area contributed by atoms with E-state index in [2.05, 4.69) is 16.7 Å². The van der Waals surface area contributed by atoms with Gasteiger partial charge in [-0.25, -0.2) is 0 Å². The van der Waals surface area contributed by atoms with E-state index in [9.17, 15) is 15.2 Å². The van der Waals surface area contributed by atoms with E-state index in [1.807, 2.05) is 0 Å². The standard InChI is InChI=1S/C15H23N3O4/c1-2-16-7-9-17(10-8-16)11-14(19)12-22-15-5-3-13(4-6-15)18(20)21/h3-6,14,19H,2,7-12H2,1H3/t14-/m0/s1. The third-order valence-corrected chi connectivity index (χ3v) is 3.87.